The number of ether oxygens (including phenoxy) is 1. The SMILES string of the molecule is Cc1c(OCC(F)(F)F)ccnc1CS(=O)c1nc2ccccc2[nH]1.Cl. The first-order valence-electron chi connectivity index (χ1n) is 7.30. The number of hydrogen-bond donors (Lipinski definition) is 1. The highest BCUT2D eigenvalue weighted by molar-refractivity contribution is 7.84. The Hall–Kier alpha value is -2.13. The summed E-state index contributed by atoms with van der Waals surface area (Å²) >= 11 is 0. The monoisotopic (exact) mass is 405 g/mol. The van der Waals surface area contributed by atoms with Crippen LogP contribution in [-0.2, 0) is 16.6 Å². The molecule has 1 unspecified atom stereocenters. The van der Waals surface area contributed by atoms with E-state index < -0.39 is 23.6 Å². The standard InChI is InChI=1S/C16H14F3N3O2S.ClH/c1-10-13(20-7-6-14(10)24-9-16(17,18)19)8-25(23)15-21-11-4-2-3-5-12(11)22-15;/h2-7H,8-9H2,1H3,(H,21,22);1H. The summed E-state index contributed by atoms with van der Waals surface area (Å²) in [6.45, 7) is 0.202. The zero-order valence-electron chi connectivity index (χ0n) is 13.5. The Morgan fingerprint density at radius 2 is 1.96 bits per heavy atom. The molecule has 0 aliphatic heterocycles. The zero-order valence-corrected chi connectivity index (χ0v) is 15.2. The van der Waals surface area contributed by atoms with Gasteiger partial charge in [-0.05, 0) is 25.1 Å². The van der Waals surface area contributed by atoms with Gasteiger partial charge in [0.1, 0.15) is 5.75 Å². The molecule has 1 aromatic carbocycles. The summed E-state index contributed by atoms with van der Waals surface area (Å²) in [6.07, 6.45) is -3.09. The fourth-order valence-corrected chi connectivity index (χ4v) is 3.35. The summed E-state index contributed by atoms with van der Waals surface area (Å²) in [4.78, 5) is 11.3. The second-order valence-electron chi connectivity index (χ2n) is 5.33. The Morgan fingerprint density at radius 1 is 1.23 bits per heavy atom. The average molecular weight is 406 g/mol. The quantitative estimate of drug-likeness (QED) is 0.698. The minimum atomic E-state index is -4.42. The van der Waals surface area contributed by atoms with Crippen LogP contribution in [0, 0.1) is 6.92 Å². The Morgan fingerprint density at radius 3 is 2.65 bits per heavy atom. The molecule has 0 saturated heterocycles. The van der Waals surface area contributed by atoms with Crippen LogP contribution in [-0.4, -0.2) is 31.9 Å². The number of nitrogens with one attached hydrogen (secondary N) is 1. The molecule has 0 fully saturated rings. The summed E-state index contributed by atoms with van der Waals surface area (Å²) in [7, 11) is -1.51. The van der Waals surface area contributed by atoms with Crippen LogP contribution in [0.5, 0.6) is 5.75 Å². The highest BCUT2D eigenvalue weighted by atomic mass is 35.5. The number of alkyl halides is 3. The summed E-state index contributed by atoms with van der Waals surface area (Å²) in [5.74, 6) is 0.0958. The van der Waals surface area contributed by atoms with Crippen LogP contribution >= 0.6 is 12.4 Å². The third kappa shape index (κ3) is 4.73. The molecule has 26 heavy (non-hydrogen) atoms. The first kappa shape index (κ1) is 20.2. The van der Waals surface area contributed by atoms with Gasteiger partial charge >= 0.3 is 6.18 Å². The van der Waals surface area contributed by atoms with Crippen molar-refractivity contribution in [2.45, 2.75) is 24.0 Å². The second kappa shape index (κ2) is 8.05. The number of para-hydroxylation sites is 2. The predicted molar refractivity (Wildman–Crippen MR) is 94.0 cm³/mol. The first-order chi connectivity index (χ1) is 11.8. The predicted octanol–water partition coefficient (Wildman–Crippen LogP) is 3.94. The molecule has 0 radical (unpaired) electrons. The lowest BCUT2D eigenvalue weighted by Crippen LogP contribution is -2.19. The van der Waals surface area contributed by atoms with Gasteiger partial charge < -0.3 is 9.72 Å². The van der Waals surface area contributed by atoms with Crippen molar-refractivity contribution in [2.24, 2.45) is 0 Å². The fraction of sp³-hybridized carbons (Fsp3) is 0.250. The lowest BCUT2D eigenvalue weighted by Gasteiger charge is -2.13. The van der Waals surface area contributed by atoms with E-state index in [1.54, 1.807) is 13.0 Å². The van der Waals surface area contributed by atoms with E-state index in [0.717, 1.165) is 5.52 Å². The second-order valence-corrected chi connectivity index (χ2v) is 6.70. The minimum absolute atomic E-state index is 0. The van der Waals surface area contributed by atoms with Gasteiger partial charge in [0.15, 0.2) is 11.8 Å². The molecular formula is C16H15ClF3N3O2S. The van der Waals surface area contributed by atoms with Gasteiger partial charge in [0.2, 0.25) is 0 Å². The maximum atomic E-state index is 12.5. The number of H-pyrrole nitrogens is 1. The molecule has 2 heterocycles. The van der Waals surface area contributed by atoms with E-state index in [2.05, 4.69) is 15.0 Å². The number of hydrogen-bond acceptors (Lipinski definition) is 4. The van der Waals surface area contributed by atoms with Crippen LogP contribution in [0.25, 0.3) is 11.0 Å². The number of fused-ring (bicyclic) bond motifs is 1. The minimum Gasteiger partial charge on any atom is -0.484 e. The number of rotatable bonds is 5. The third-order valence-electron chi connectivity index (χ3n) is 3.50. The third-order valence-corrected chi connectivity index (χ3v) is 4.66. The van der Waals surface area contributed by atoms with Gasteiger partial charge in [-0.3, -0.25) is 9.19 Å². The van der Waals surface area contributed by atoms with Gasteiger partial charge in [-0.15, -0.1) is 12.4 Å². The molecule has 3 aromatic rings. The van der Waals surface area contributed by atoms with Crippen LogP contribution in [0.2, 0.25) is 0 Å². The molecule has 3 rings (SSSR count). The van der Waals surface area contributed by atoms with E-state index in [1.165, 1.54) is 12.3 Å². The Balaban J connectivity index is 0.00000243. The molecule has 1 N–H and O–H groups in total. The molecule has 140 valence electrons. The summed E-state index contributed by atoms with van der Waals surface area (Å²) in [6, 6.07) is 8.62. The van der Waals surface area contributed by atoms with Crippen LogP contribution < -0.4 is 4.74 Å². The fourth-order valence-electron chi connectivity index (χ4n) is 2.25. The van der Waals surface area contributed by atoms with Crippen LogP contribution in [0.15, 0.2) is 41.7 Å². The van der Waals surface area contributed by atoms with Gasteiger partial charge in [0.05, 0.1) is 33.3 Å². The average Bonchev–Trinajstić information content (AvgIpc) is 2.99. The van der Waals surface area contributed by atoms with Crippen molar-refractivity contribution < 1.29 is 22.1 Å². The molecule has 0 amide bonds. The smallest absolute Gasteiger partial charge is 0.422 e. The lowest BCUT2D eigenvalue weighted by atomic mass is 10.2. The van der Waals surface area contributed by atoms with Crippen LogP contribution in [0.4, 0.5) is 13.2 Å². The molecule has 0 saturated carbocycles. The van der Waals surface area contributed by atoms with Gasteiger partial charge in [-0.2, -0.15) is 13.2 Å². The van der Waals surface area contributed by atoms with E-state index >= 15 is 0 Å². The van der Waals surface area contributed by atoms with Crippen LogP contribution in [0.1, 0.15) is 11.3 Å². The summed E-state index contributed by atoms with van der Waals surface area (Å²) in [5, 5.41) is 0.295. The van der Waals surface area contributed by atoms with Crippen molar-refractivity contribution in [3.05, 3.63) is 47.8 Å². The zero-order chi connectivity index (χ0) is 18.0. The van der Waals surface area contributed by atoms with Crippen molar-refractivity contribution in [1.29, 1.82) is 0 Å². The molecule has 5 nitrogen and oxygen atoms in total. The molecule has 0 bridgehead atoms. The number of benzene rings is 1. The number of aromatic amines is 1. The maximum absolute atomic E-state index is 12.5. The maximum Gasteiger partial charge on any atom is 0.422 e. The molecule has 2 aromatic heterocycles. The van der Waals surface area contributed by atoms with E-state index in [1.807, 2.05) is 18.2 Å². The number of nitrogens with zero attached hydrogens (tertiary/aromatic N) is 2. The van der Waals surface area contributed by atoms with Gasteiger partial charge in [0.25, 0.3) is 0 Å². The number of imidazole rings is 1. The summed E-state index contributed by atoms with van der Waals surface area (Å²) < 4.78 is 54.2. The summed E-state index contributed by atoms with van der Waals surface area (Å²) in [5.41, 5.74) is 2.28. The van der Waals surface area contributed by atoms with E-state index in [9.17, 15) is 17.4 Å². The molecule has 0 aliphatic carbocycles. The van der Waals surface area contributed by atoms with Crippen molar-refractivity contribution in [3.8, 4) is 5.75 Å². The van der Waals surface area contributed by atoms with Crippen LogP contribution in [0.3, 0.4) is 0 Å². The van der Waals surface area contributed by atoms with E-state index in [-0.39, 0.29) is 23.9 Å². The van der Waals surface area contributed by atoms with Crippen molar-refractivity contribution in [1.82, 2.24) is 15.0 Å². The number of pyridine rings is 1. The van der Waals surface area contributed by atoms with Gasteiger partial charge in [-0.25, -0.2) is 4.98 Å². The van der Waals surface area contributed by atoms with Crippen molar-refractivity contribution in [3.63, 3.8) is 0 Å². The first-order valence-corrected chi connectivity index (χ1v) is 8.62. The van der Waals surface area contributed by atoms with E-state index in [4.69, 9.17) is 4.74 Å². The largest absolute Gasteiger partial charge is 0.484 e. The number of halogens is 4. The van der Waals surface area contributed by atoms with Gasteiger partial charge in [0, 0.05) is 11.8 Å². The van der Waals surface area contributed by atoms with Crippen molar-refractivity contribution in [2.75, 3.05) is 6.61 Å². The molecule has 0 spiro atoms. The Labute approximate surface area is 155 Å². The highest BCUT2D eigenvalue weighted by Gasteiger charge is 2.29. The van der Waals surface area contributed by atoms with E-state index in [0.29, 0.717) is 21.9 Å². The van der Waals surface area contributed by atoms with Gasteiger partial charge in [-0.1, -0.05) is 12.1 Å². The molecular weight excluding hydrogens is 391 g/mol. The molecule has 0 aliphatic rings. The number of aromatic nitrogens is 3. The Kier molecular flexibility index (Phi) is 6.25. The molecule has 1 atom stereocenters. The lowest BCUT2D eigenvalue weighted by molar-refractivity contribution is -0.153. The highest BCUT2D eigenvalue weighted by Crippen LogP contribution is 2.24. The molecule has 10 heteroatoms. The van der Waals surface area contributed by atoms with Crippen molar-refractivity contribution >= 4 is 34.2 Å². The normalized spacial score (nSPS) is 12.6. The topological polar surface area (TPSA) is 67.9 Å². The Bertz CT molecular complexity index is 897.